The molecule has 0 atom stereocenters. The maximum Gasteiger partial charge on any atom is 0.257 e. The number of rotatable bonds is 4. The van der Waals surface area contributed by atoms with E-state index in [2.05, 4.69) is 20.6 Å². The third-order valence-electron chi connectivity index (χ3n) is 4.93. The lowest BCUT2D eigenvalue weighted by molar-refractivity contribution is -0.133. The summed E-state index contributed by atoms with van der Waals surface area (Å²) < 4.78 is 16.9. The van der Waals surface area contributed by atoms with E-state index in [4.69, 9.17) is 0 Å². The molecule has 0 bridgehead atoms. The van der Waals surface area contributed by atoms with Crippen molar-refractivity contribution >= 4 is 11.8 Å². The normalized spacial score (nSPS) is 14.3. The largest absolute Gasteiger partial charge is 0.338 e. The summed E-state index contributed by atoms with van der Waals surface area (Å²) in [5, 5.41) is 14.9. The van der Waals surface area contributed by atoms with E-state index in [1.54, 1.807) is 34.9 Å². The van der Waals surface area contributed by atoms with Gasteiger partial charge in [0.2, 0.25) is 5.91 Å². The highest BCUT2D eigenvalue weighted by molar-refractivity contribution is 5.95. The SMILES string of the molecule is Cc1c(C(=O)N2CCN(C(=O)Cn3cnnn3)CC2)cnn1-c1ccccc1F. The fourth-order valence-electron chi connectivity index (χ4n) is 3.31. The van der Waals surface area contributed by atoms with E-state index >= 15 is 0 Å². The molecule has 3 aromatic rings. The van der Waals surface area contributed by atoms with Crippen LogP contribution in [-0.4, -0.2) is 77.8 Å². The maximum atomic E-state index is 14.1. The lowest BCUT2D eigenvalue weighted by Gasteiger charge is -2.34. The predicted molar refractivity (Wildman–Crippen MR) is 98.6 cm³/mol. The molecule has 2 aromatic heterocycles. The van der Waals surface area contributed by atoms with Crippen molar-refractivity contribution in [2.75, 3.05) is 26.2 Å². The standard InChI is InChI=1S/C18H19FN8O2/c1-13-14(10-21-27(13)16-5-3-2-4-15(16)19)18(29)25-8-6-24(7-9-25)17(28)11-26-12-20-22-23-26/h2-5,10,12H,6-9,11H2,1H3. The monoisotopic (exact) mass is 398 g/mol. The number of nitrogens with zero attached hydrogens (tertiary/aromatic N) is 8. The number of tetrazole rings is 1. The molecule has 1 aliphatic heterocycles. The van der Waals surface area contributed by atoms with E-state index in [9.17, 15) is 14.0 Å². The first-order chi connectivity index (χ1) is 14.0. The van der Waals surface area contributed by atoms with Gasteiger partial charge in [0, 0.05) is 26.2 Å². The van der Waals surface area contributed by atoms with Gasteiger partial charge in [-0.25, -0.2) is 13.8 Å². The first kappa shape index (κ1) is 18.7. The zero-order valence-corrected chi connectivity index (χ0v) is 15.8. The van der Waals surface area contributed by atoms with Crippen LogP contribution in [0.15, 0.2) is 36.8 Å². The van der Waals surface area contributed by atoms with Crippen LogP contribution in [0.1, 0.15) is 16.1 Å². The molecule has 1 saturated heterocycles. The molecule has 0 N–H and O–H groups in total. The van der Waals surface area contributed by atoms with Gasteiger partial charge in [0.1, 0.15) is 24.4 Å². The van der Waals surface area contributed by atoms with Gasteiger partial charge < -0.3 is 9.80 Å². The molecule has 11 heteroatoms. The molecule has 0 spiro atoms. The number of piperazine rings is 1. The number of amides is 2. The number of carbonyl (C=O) groups excluding carboxylic acids is 2. The second kappa shape index (κ2) is 7.78. The zero-order valence-electron chi connectivity index (χ0n) is 15.8. The summed E-state index contributed by atoms with van der Waals surface area (Å²) in [6.07, 6.45) is 2.84. The van der Waals surface area contributed by atoms with E-state index in [-0.39, 0.29) is 18.4 Å². The zero-order chi connectivity index (χ0) is 20.4. The van der Waals surface area contributed by atoms with Crippen LogP contribution in [-0.2, 0) is 11.3 Å². The number of hydrogen-bond acceptors (Lipinski definition) is 6. The minimum absolute atomic E-state index is 0.0649. The van der Waals surface area contributed by atoms with Gasteiger partial charge in [0.05, 0.1) is 17.5 Å². The van der Waals surface area contributed by atoms with E-state index in [1.165, 1.54) is 28.0 Å². The van der Waals surface area contributed by atoms with E-state index < -0.39 is 5.82 Å². The Morgan fingerprint density at radius 3 is 2.52 bits per heavy atom. The summed E-state index contributed by atoms with van der Waals surface area (Å²) in [4.78, 5) is 28.6. The molecule has 1 aliphatic rings. The summed E-state index contributed by atoms with van der Waals surface area (Å²) in [6.45, 7) is 3.46. The predicted octanol–water partition coefficient (Wildman–Crippen LogP) is 0.291. The Kier molecular flexibility index (Phi) is 5.02. The molecule has 10 nitrogen and oxygen atoms in total. The number of aromatic nitrogens is 6. The first-order valence-electron chi connectivity index (χ1n) is 9.12. The molecule has 1 fully saturated rings. The minimum atomic E-state index is -0.410. The third-order valence-corrected chi connectivity index (χ3v) is 4.93. The van der Waals surface area contributed by atoms with Crippen LogP contribution in [0.25, 0.3) is 5.69 Å². The smallest absolute Gasteiger partial charge is 0.257 e. The topological polar surface area (TPSA) is 102 Å². The number of halogens is 1. The number of hydrogen-bond donors (Lipinski definition) is 0. The Bertz CT molecular complexity index is 1020. The second-order valence-corrected chi connectivity index (χ2v) is 6.69. The van der Waals surface area contributed by atoms with E-state index in [0.29, 0.717) is 43.1 Å². The Hall–Kier alpha value is -3.63. The van der Waals surface area contributed by atoms with Gasteiger partial charge in [-0.05, 0) is 29.5 Å². The summed E-state index contributed by atoms with van der Waals surface area (Å²) in [6, 6.07) is 6.28. The average molecular weight is 398 g/mol. The highest BCUT2D eigenvalue weighted by atomic mass is 19.1. The van der Waals surface area contributed by atoms with Crippen LogP contribution in [0, 0.1) is 12.7 Å². The highest BCUT2D eigenvalue weighted by Crippen LogP contribution is 2.19. The van der Waals surface area contributed by atoms with E-state index in [1.807, 2.05) is 0 Å². The van der Waals surface area contributed by atoms with Gasteiger partial charge in [-0.3, -0.25) is 9.59 Å². The molecular formula is C18H19FN8O2. The molecule has 29 heavy (non-hydrogen) atoms. The van der Waals surface area contributed by atoms with Crippen LogP contribution in [0.3, 0.4) is 0 Å². The maximum absolute atomic E-state index is 14.1. The lowest BCUT2D eigenvalue weighted by Crippen LogP contribution is -2.51. The van der Waals surface area contributed by atoms with Crippen molar-refractivity contribution < 1.29 is 14.0 Å². The first-order valence-corrected chi connectivity index (χ1v) is 9.12. The van der Waals surface area contributed by atoms with Crippen LogP contribution >= 0.6 is 0 Å². The molecule has 2 amide bonds. The van der Waals surface area contributed by atoms with Crippen LogP contribution in [0.4, 0.5) is 4.39 Å². The number of para-hydroxylation sites is 1. The number of benzene rings is 1. The molecule has 0 radical (unpaired) electrons. The van der Waals surface area contributed by atoms with Gasteiger partial charge >= 0.3 is 0 Å². The molecule has 150 valence electrons. The van der Waals surface area contributed by atoms with Crippen LogP contribution in [0.2, 0.25) is 0 Å². The second-order valence-electron chi connectivity index (χ2n) is 6.69. The Balaban J connectivity index is 1.41. The van der Waals surface area contributed by atoms with Gasteiger partial charge in [-0.2, -0.15) is 5.10 Å². The average Bonchev–Trinajstić information content (AvgIpc) is 3.38. The van der Waals surface area contributed by atoms with Crippen molar-refractivity contribution in [1.82, 2.24) is 39.8 Å². The van der Waals surface area contributed by atoms with Crippen molar-refractivity contribution in [2.24, 2.45) is 0 Å². The summed E-state index contributed by atoms with van der Waals surface area (Å²) in [5.41, 5.74) is 1.28. The minimum Gasteiger partial charge on any atom is -0.338 e. The summed E-state index contributed by atoms with van der Waals surface area (Å²) in [7, 11) is 0. The van der Waals surface area contributed by atoms with Crippen molar-refractivity contribution in [2.45, 2.75) is 13.5 Å². The fourth-order valence-corrected chi connectivity index (χ4v) is 3.31. The summed E-state index contributed by atoms with van der Waals surface area (Å²) in [5.74, 6) is -0.696. The third kappa shape index (κ3) is 3.71. The van der Waals surface area contributed by atoms with Gasteiger partial charge in [0.15, 0.2) is 0 Å². The van der Waals surface area contributed by atoms with Crippen molar-refractivity contribution in [3.05, 3.63) is 53.9 Å². The molecule has 0 unspecified atom stereocenters. The van der Waals surface area contributed by atoms with E-state index in [0.717, 1.165) is 0 Å². The van der Waals surface area contributed by atoms with Crippen LogP contribution < -0.4 is 0 Å². The molecule has 0 saturated carbocycles. The Morgan fingerprint density at radius 2 is 1.83 bits per heavy atom. The van der Waals surface area contributed by atoms with Crippen molar-refractivity contribution in [1.29, 1.82) is 0 Å². The molecule has 0 aliphatic carbocycles. The number of carbonyl (C=O) groups is 2. The lowest BCUT2D eigenvalue weighted by atomic mass is 10.2. The quantitative estimate of drug-likeness (QED) is 0.626. The Labute approximate surface area is 165 Å². The highest BCUT2D eigenvalue weighted by Gasteiger charge is 2.27. The molecular weight excluding hydrogens is 379 g/mol. The summed E-state index contributed by atoms with van der Waals surface area (Å²) >= 11 is 0. The fraction of sp³-hybridized carbons (Fsp3) is 0.333. The van der Waals surface area contributed by atoms with Crippen molar-refractivity contribution in [3.63, 3.8) is 0 Å². The van der Waals surface area contributed by atoms with Gasteiger partial charge in [0.25, 0.3) is 5.91 Å². The van der Waals surface area contributed by atoms with Crippen molar-refractivity contribution in [3.8, 4) is 5.69 Å². The van der Waals surface area contributed by atoms with Crippen LogP contribution in [0.5, 0.6) is 0 Å². The van der Waals surface area contributed by atoms with Gasteiger partial charge in [-0.15, -0.1) is 5.10 Å². The van der Waals surface area contributed by atoms with Gasteiger partial charge in [-0.1, -0.05) is 12.1 Å². The molecule has 4 rings (SSSR count). The molecule has 3 heterocycles. The molecule has 1 aromatic carbocycles. The Morgan fingerprint density at radius 1 is 1.10 bits per heavy atom.